The summed E-state index contributed by atoms with van der Waals surface area (Å²) in [6.45, 7) is 8.60. The van der Waals surface area contributed by atoms with Crippen molar-refractivity contribution in [1.82, 2.24) is 0 Å². The highest BCUT2D eigenvalue weighted by Crippen LogP contribution is 2.27. The summed E-state index contributed by atoms with van der Waals surface area (Å²) in [4.78, 5) is 0. The second kappa shape index (κ2) is 6.89. The zero-order chi connectivity index (χ0) is 15.4. The smallest absolute Gasteiger partial charge is 0.126 e. The van der Waals surface area contributed by atoms with Gasteiger partial charge in [-0.25, -0.2) is 4.39 Å². The molecule has 2 rings (SSSR count). The average molecular weight is 284 g/mol. The van der Waals surface area contributed by atoms with Crippen LogP contribution in [0.25, 0.3) is 11.1 Å². The second-order valence-corrected chi connectivity index (χ2v) is 6.46. The summed E-state index contributed by atoms with van der Waals surface area (Å²) in [5.74, 6) is 1.19. The van der Waals surface area contributed by atoms with E-state index in [1.807, 2.05) is 12.1 Å². The van der Waals surface area contributed by atoms with Crippen LogP contribution in [0.5, 0.6) is 0 Å². The molecule has 1 heteroatoms. The first-order valence-corrected chi connectivity index (χ1v) is 7.84. The number of hydrogen-bond donors (Lipinski definition) is 0. The van der Waals surface area contributed by atoms with E-state index in [-0.39, 0.29) is 5.82 Å². The number of rotatable bonds is 5. The lowest BCUT2D eigenvalue weighted by molar-refractivity contribution is 0.517. The lowest BCUT2D eigenvalue weighted by atomic mass is 9.91. The topological polar surface area (TPSA) is 0 Å². The van der Waals surface area contributed by atoms with Crippen molar-refractivity contribution in [2.45, 2.75) is 46.5 Å². The highest BCUT2D eigenvalue weighted by atomic mass is 19.1. The summed E-state index contributed by atoms with van der Waals surface area (Å²) in [5.41, 5.74) is 4.08. The molecule has 21 heavy (non-hydrogen) atoms. The van der Waals surface area contributed by atoms with Gasteiger partial charge in [0.05, 0.1) is 0 Å². The van der Waals surface area contributed by atoms with Crippen molar-refractivity contribution in [3.05, 3.63) is 59.4 Å². The van der Waals surface area contributed by atoms with Gasteiger partial charge in [0.25, 0.3) is 0 Å². The zero-order valence-electron chi connectivity index (χ0n) is 13.5. The van der Waals surface area contributed by atoms with E-state index < -0.39 is 0 Å². The van der Waals surface area contributed by atoms with Gasteiger partial charge in [0.15, 0.2) is 0 Å². The van der Waals surface area contributed by atoms with Crippen LogP contribution in [0, 0.1) is 18.7 Å². The summed E-state index contributed by atoms with van der Waals surface area (Å²) < 4.78 is 13.6. The fourth-order valence-electron chi connectivity index (χ4n) is 2.53. The molecule has 0 amide bonds. The Balaban J connectivity index is 2.12. The van der Waals surface area contributed by atoms with Crippen LogP contribution < -0.4 is 0 Å². The molecular weight excluding hydrogens is 259 g/mol. The average Bonchev–Trinajstić information content (AvgIpc) is 2.48. The van der Waals surface area contributed by atoms with Crippen molar-refractivity contribution in [1.29, 1.82) is 0 Å². The molecule has 1 unspecified atom stereocenters. The van der Waals surface area contributed by atoms with E-state index in [0.29, 0.717) is 11.5 Å². The molecule has 0 N–H and O–H groups in total. The minimum absolute atomic E-state index is 0.137. The van der Waals surface area contributed by atoms with Crippen molar-refractivity contribution in [2.75, 3.05) is 0 Å². The maximum Gasteiger partial charge on any atom is 0.126 e. The van der Waals surface area contributed by atoms with Gasteiger partial charge in [-0.3, -0.25) is 0 Å². The standard InChI is InChI=1S/C20H25F/c1-14(2)5-6-15(3)17-9-11-18(12-10-17)19-8-7-16(4)20(21)13-19/h7-15H,5-6H2,1-4H3. The Bertz CT molecular complexity index is 581. The van der Waals surface area contributed by atoms with Crippen LogP contribution in [-0.2, 0) is 0 Å². The lowest BCUT2D eigenvalue weighted by Crippen LogP contribution is -1.97. The molecule has 0 saturated carbocycles. The van der Waals surface area contributed by atoms with Crippen molar-refractivity contribution >= 4 is 0 Å². The van der Waals surface area contributed by atoms with Crippen LogP contribution >= 0.6 is 0 Å². The highest BCUT2D eigenvalue weighted by molar-refractivity contribution is 5.64. The van der Waals surface area contributed by atoms with Crippen LogP contribution in [0.3, 0.4) is 0 Å². The van der Waals surface area contributed by atoms with Crippen molar-refractivity contribution in [2.24, 2.45) is 5.92 Å². The quantitative estimate of drug-likeness (QED) is 0.601. The minimum atomic E-state index is -0.137. The third-order valence-corrected chi connectivity index (χ3v) is 4.16. The molecule has 0 heterocycles. The molecule has 0 radical (unpaired) electrons. The van der Waals surface area contributed by atoms with Gasteiger partial charge in [0, 0.05) is 0 Å². The molecule has 0 aliphatic carbocycles. The van der Waals surface area contributed by atoms with Crippen molar-refractivity contribution < 1.29 is 4.39 Å². The van der Waals surface area contributed by atoms with Gasteiger partial charge in [-0.1, -0.05) is 63.6 Å². The maximum absolute atomic E-state index is 13.6. The Labute approximate surface area is 128 Å². The van der Waals surface area contributed by atoms with E-state index in [0.717, 1.165) is 17.0 Å². The molecular formula is C20H25F. The minimum Gasteiger partial charge on any atom is -0.207 e. The van der Waals surface area contributed by atoms with Gasteiger partial charge in [0.1, 0.15) is 5.82 Å². The molecule has 2 aromatic rings. The molecule has 0 bridgehead atoms. The maximum atomic E-state index is 13.6. The van der Waals surface area contributed by atoms with E-state index in [1.165, 1.54) is 18.4 Å². The Morgan fingerprint density at radius 1 is 0.857 bits per heavy atom. The fourth-order valence-corrected chi connectivity index (χ4v) is 2.53. The molecule has 2 aromatic carbocycles. The number of benzene rings is 2. The SMILES string of the molecule is Cc1ccc(-c2ccc(C(C)CCC(C)C)cc2)cc1F. The van der Waals surface area contributed by atoms with E-state index in [1.54, 1.807) is 13.0 Å². The Kier molecular flexibility index (Phi) is 5.17. The van der Waals surface area contributed by atoms with E-state index in [9.17, 15) is 4.39 Å². The van der Waals surface area contributed by atoms with Crippen LogP contribution in [0.1, 0.15) is 50.7 Å². The monoisotopic (exact) mass is 284 g/mol. The molecule has 0 nitrogen and oxygen atoms in total. The molecule has 0 spiro atoms. The molecule has 0 aliphatic heterocycles. The molecule has 112 valence electrons. The molecule has 0 aromatic heterocycles. The third-order valence-electron chi connectivity index (χ3n) is 4.16. The second-order valence-electron chi connectivity index (χ2n) is 6.46. The van der Waals surface area contributed by atoms with Crippen LogP contribution in [0.15, 0.2) is 42.5 Å². The van der Waals surface area contributed by atoms with Gasteiger partial charge < -0.3 is 0 Å². The Morgan fingerprint density at radius 2 is 1.48 bits per heavy atom. The van der Waals surface area contributed by atoms with Gasteiger partial charge in [-0.05, 0) is 53.5 Å². The van der Waals surface area contributed by atoms with Crippen molar-refractivity contribution in [3.63, 3.8) is 0 Å². The van der Waals surface area contributed by atoms with Gasteiger partial charge >= 0.3 is 0 Å². The fraction of sp³-hybridized carbons (Fsp3) is 0.400. The third kappa shape index (κ3) is 4.17. The summed E-state index contributed by atoms with van der Waals surface area (Å²) in [5, 5.41) is 0. The normalized spacial score (nSPS) is 12.7. The van der Waals surface area contributed by atoms with E-state index >= 15 is 0 Å². The lowest BCUT2D eigenvalue weighted by Gasteiger charge is -2.14. The first-order chi connectivity index (χ1) is 9.97. The molecule has 0 aliphatic rings. The Hall–Kier alpha value is -1.63. The first-order valence-electron chi connectivity index (χ1n) is 7.84. The van der Waals surface area contributed by atoms with Crippen LogP contribution in [0.2, 0.25) is 0 Å². The first kappa shape index (κ1) is 15.8. The summed E-state index contributed by atoms with van der Waals surface area (Å²) >= 11 is 0. The number of aryl methyl sites for hydroxylation is 1. The summed E-state index contributed by atoms with van der Waals surface area (Å²) in [6, 6.07) is 14.0. The summed E-state index contributed by atoms with van der Waals surface area (Å²) in [6.07, 6.45) is 2.47. The van der Waals surface area contributed by atoms with E-state index in [2.05, 4.69) is 45.0 Å². The predicted octanol–water partition coefficient (Wildman–Crippen LogP) is 6.34. The molecule has 0 saturated heterocycles. The molecule has 1 atom stereocenters. The largest absolute Gasteiger partial charge is 0.207 e. The van der Waals surface area contributed by atoms with Gasteiger partial charge in [-0.2, -0.15) is 0 Å². The van der Waals surface area contributed by atoms with Crippen molar-refractivity contribution in [3.8, 4) is 11.1 Å². The molecule has 0 fully saturated rings. The van der Waals surface area contributed by atoms with Crippen LogP contribution in [0.4, 0.5) is 4.39 Å². The highest BCUT2D eigenvalue weighted by Gasteiger charge is 2.08. The number of halogens is 1. The number of hydrogen-bond acceptors (Lipinski definition) is 0. The Morgan fingerprint density at radius 3 is 2.05 bits per heavy atom. The van der Waals surface area contributed by atoms with Gasteiger partial charge in [0.2, 0.25) is 0 Å². The van der Waals surface area contributed by atoms with Gasteiger partial charge in [-0.15, -0.1) is 0 Å². The van der Waals surface area contributed by atoms with Crippen LogP contribution in [-0.4, -0.2) is 0 Å². The summed E-state index contributed by atoms with van der Waals surface area (Å²) in [7, 11) is 0. The van der Waals surface area contributed by atoms with E-state index in [4.69, 9.17) is 0 Å². The zero-order valence-corrected chi connectivity index (χ0v) is 13.5. The predicted molar refractivity (Wildman–Crippen MR) is 89.1 cm³/mol.